The number of furan rings is 1. The van der Waals surface area contributed by atoms with Gasteiger partial charge in [0.2, 0.25) is 5.91 Å². The monoisotopic (exact) mass is 467 g/mol. The van der Waals surface area contributed by atoms with E-state index in [9.17, 15) is 14.4 Å². The molecule has 2 saturated heterocycles. The Kier molecular flexibility index (Phi) is 7.36. The van der Waals surface area contributed by atoms with Crippen molar-refractivity contribution in [2.45, 2.75) is 51.3 Å². The van der Waals surface area contributed by atoms with Gasteiger partial charge < -0.3 is 19.0 Å². The van der Waals surface area contributed by atoms with Crippen molar-refractivity contribution >= 4 is 17.7 Å². The average molecular weight is 468 g/mol. The van der Waals surface area contributed by atoms with Crippen molar-refractivity contribution in [3.63, 3.8) is 0 Å². The molecule has 182 valence electrons. The summed E-state index contributed by atoms with van der Waals surface area (Å²) < 4.78 is 11.6. The number of nitrogens with zero attached hydrogens (tertiary/aromatic N) is 3. The van der Waals surface area contributed by atoms with Crippen LogP contribution in [-0.2, 0) is 9.53 Å². The summed E-state index contributed by atoms with van der Waals surface area (Å²) in [6, 6.07) is 11.7. The topological polar surface area (TPSA) is 83.3 Å². The summed E-state index contributed by atoms with van der Waals surface area (Å²) in [4.78, 5) is 45.3. The highest BCUT2D eigenvalue weighted by atomic mass is 16.5. The van der Waals surface area contributed by atoms with Crippen molar-refractivity contribution in [1.29, 1.82) is 0 Å². The van der Waals surface area contributed by atoms with Crippen molar-refractivity contribution in [2.75, 3.05) is 32.8 Å². The van der Waals surface area contributed by atoms with Crippen LogP contribution in [0.4, 0.5) is 0 Å². The first-order valence-corrected chi connectivity index (χ1v) is 12.1. The third-order valence-electron chi connectivity index (χ3n) is 6.65. The van der Waals surface area contributed by atoms with E-state index >= 15 is 0 Å². The van der Waals surface area contributed by atoms with E-state index in [1.54, 1.807) is 34.1 Å². The molecule has 0 radical (unpaired) electrons. The zero-order valence-electron chi connectivity index (χ0n) is 19.9. The lowest BCUT2D eigenvalue weighted by atomic mass is 9.96. The van der Waals surface area contributed by atoms with Crippen molar-refractivity contribution in [2.24, 2.45) is 0 Å². The summed E-state index contributed by atoms with van der Waals surface area (Å²) in [5.74, 6) is -0.166. The zero-order valence-corrected chi connectivity index (χ0v) is 19.9. The van der Waals surface area contributed by atoms with E-state index in [-0.39, 0.29) is 24.3 Å². The third kappa shape index (κ3) is 4.59. The van der Waals surface area contributed by atoms with Crippen LogP contribution in [-0.4, -0.2) is 77.0 Å². The molecule has 0 saturated carbocycles. The van der Waals surface area contributed by atoms with Crippen LogP contribution >= 0.6 is 0 Å². The SMILES string of the molecule is CCCN(CCC)C(=O)[C@@H]1COC2(CCN(C(=O)c3ccco3)CC2)N1C(=O)c1ccccc1. The molecular weight excluding hydrogens is 434 g/mol. The Balaban J connectivity index is 1.59. The van der Waals surface area contributed by atoms with Gasteiger partial charge in [-0.15, -0.1) is 0 Å². The van der Waals surface area contributed by atoms with Crippen molar-refractivity contribution in [1.82, 2.24) is 14.7 Å². The largest absolute Gasteiger partial charge is 0.459 e. The number of likely N-dealkylation sites (tertiary alicyclic amines) is 1. The number of piperidine rings is 1. The second-order valence-corrected chi connectivity index (χ2v) is 8.91. The fraction of sp³-hybridized carbons (Fsp3) is 0.500. The Morgan fingerprint density at radius 2 is 1.65 bits per heavy atom. The molecule has 0 N–H and O–H groups in total. The molecule has 0 aliphatic carbocycles. The van der Waals surface area contributed by atoms with Crippen molar-refractivity contribution in [3.8, 4) is 0 Å². The van der Waals surface area contributed by atoms with Crippen molar-refractivity contribution < 1.29 is 23.5 Å². The summed E-state index contributed by atoms with van der Waals surface area (Å²) >= 11 is 0. The van der Waals surface area contributed by atoms with Crippen LogP contribution in [0.5, 0.6) is 0 Å². The molecule has 2 fully saturated rings. The molecule has 1 aromatic carbocycles. The van der Waals surface area contributed by atoms with Crippen molar-refractivity contribution in [3.05, 3.63) is 60.1 Å². The fourth-order valence-corrected chi connectivity index (χ4v) is 4.97. The minimum atomic E-state index is -0.919. The van der Waals surface area contributed by atoms with Crippen LogP contribution < -0.4 is 0 Å². The summed E-state index contributed by atoms with van der Waals surface area (Å²) in [5, 5.41) is 0. The van der Waals surface area contributed by atoms with E-state index in [1.165, 1.54) is 6.26 Å². The van der Waals surface area contributed by atoms with Gasteiger partial charge >= 0.3 is 0 Å². The van der Waals surface area contributed by atoms with Crippen LogP contribution in [0.25, 0.3) is 0 Å². The number of carbonyl (C=O) groups is 3. The summed E-state index contributed by atoms with van der Waals surface area (Å²) in [5.41, 5.74) is -0.395. The molecule has 4 rings (SSSR count). The van der Waals surface area contributed by atoms with Gasteiger partial charge in [-0.3, -0.25) is 19.3 Å². The standard InChI is InChI=1S/C26H33N3O5/c1-3-14-27(15-4-2)24(31)21-19-34-26(29(21)23(30)20-9-6-5-7-10-20)12-16-28(17-13-26)25(32)22-11-8-18-33-22/h5-11,18,21H,3-4,12-17,19H2,1-2H3/t21-/m0/s1. The lowest BCUT2D eigenvalue weighted by Crippen LogP contribution is -2.60. The highest BCUT2D eigenvalue weighted by Crippen LogP contribution is 2.39. The number of hydrogen-bond donors (Lipinski definition) is 0. The van der Waals surface area contributed by atoms with Gasteiger partial charge in [0, 0.05) is 44.6 Å². The van der Waals surface area contributed by atoms with Gasteiger partial charge in [0.1, 0.15) is 11.8 Å². The molecule has 1 atom stereocenters. The summed E-state index contributed by atoms with van der Waals surface area (Å²) in [6.07, 6.45) is 4.04. The molecule has 8 nitrogen and oxygen atoms in total. The van der Waals surface area contributed by atoms with E-state index < -0.39 is 11.8 Å². The molecule has 3 heterocycles. The van der Waals surface area contributed by atoms with Gasteiger partial charge in [0.15, 0.2) is 5.76 Å². The van der Waals surface area contributed by atoms with Crippen LogP contribution in [0.2, 0.25) is 0 Å². The first-order chi connectivity index (χ1) is 16.5. The van der Waals surface area contributed by atoms with Gasteiger partial charge in [-0.1, -0.05) is 32.0 Å². The van der Waals surface area contributed by atoms with E-state index in [4.69, 9.17) is 9.15 Å². The van der Waals surface area contributed by atoms with Gasteiger partial charge in [-0.2, -0.15) is 0 Å². The van der Waals surface area contributed by atoms with E-state index in [2.05, 4.69) is 0 Å². The smallest absolute Gasteiger partial charge is 0.289 e. The molecular formula is C26H33N3O5. The van der Waals surface area contributed by atoms with Gasteiger partial charge in [-0.25, -0.2) is 0 Å². The first-order valence-electron chi connectivity index (χ1n) is 12.1. The third-order valence-corrected chi connectivity index (χ3v) is 6.65. The minimum Gasteiger partial charge on any atom is -0.459 e. The molecule has 1 aromatic heterocycles. The van der Waals surface area contributed by atoms with Crippen LogP contribution in [0.3, 0.4) is 0 Å². The Labute approximate surface area is 200 Å². The van der Waals surface area contributed by atoms with Crippen LogP contribution in [0.15, 0.2) is 53.1 Å². The van der Waals surface area contributed by atoms with E-state index in [0.29, 0.717) is 50.3 Å². The second-order valence-electron chi connectivity index (χ2n) is 8.91. The molecule has 34 heavy (non-hydrogen) atoms. The predicted octanol–water partition coefficient (Wildman–Crippen LogP) is 3.40. The van der Waals surface area contributed by atoms with E-state index in [1.807, 2.05) is 36.9 Å². The van der Waals surface area contributed by atoms with Crippen LogP contribution in [0, 0.1) is 0 Å². The second kappa shape index (κ2) is 10.4. The molecule has 3 amide bonds. The minimum absolute atomic E-state index is 0.0704. The molecule has 0 bridgehead atoms. The molecule has 0 unspecified atom stereocenters. The van der Waals surface area contributed by atoms with Gasteiger partial charge in [-0.05, 0) is 37.1 Å². The normalized spacial score (nSPS) is 19.4. The highest BCUT2D eigenvalue weighted by Gasteiger charge is 2.54. The average Bonchev–Trinajstić information content (AvgIpc) is 3.53. The van der Waals surface area contributed by atoms with Gasteiger partial charge in [0.25, 0.3) is 11.8 Å². The summed E-state index contributed by atoms with van der Waals surface area (Å²) in [6.45, 7) is 6.36. The molecule has 8 heteroatoms. The molecule has 2 aliphatic heterocycles. The molecule has 2 aliphatic rings. The maximum atomic E-state index is 13.8. The lowest BCUT2D eigenvalue weighted by Gasteiger charge is -2.44. The molecule has 1 spiro atoms. The number of hydrogen-bond acceptors (Lipinski definition) is 5. The Hall–Kier alpha value is -3.13. The number of carbonyl (C=O) groups excluding carboxylic acids is 3. The molecule has 2 aromatic rings. The first kappa shape index (κ1) is 24.0. The summed E-state index contributed by atoms with van der Waals surface area (Å²) in [7, 11) is 0. The lowest BCUT2D eigenvalue weighted by molar-refractivity contribution is -0.137. The predicted molar refractivity (Wildman–Crippen MR) is 126 cm³/mol. The maximum Gasteiger partial charge on any atom is 0.289 e. The Morgan fingerprint density at radius 3 is 2.24 bits per heavy atom. The zero-order chi connectivity index (χ0) is 24.1. The number of amides is 3. The quantitative estimate of drug-likeness (QED) is 0.623. The Morgan fingerprint density at radius 1 is 0.971 bits per heavy atom. The maximum absolute atomic E-state index is 13.8. The van der Waals surface area contributed by atoms with Crippen LogP contribution in [0.1, 0.15) is 60.4 Å². The number of ether oxygens (including phenoxy) is 1. The number of benzene rings is 1. The fourth-order valence-electron chi connectivity index (χ4n) is 4.97. The number of rotatable bonds is 7. The highest BCUT2D eigenvalue weighted by molar-refractivity contribution is 5.98. The van der Waals surface area contributed by atoms with E-state index in [0.717, 1.165) is 12.8 Å². The van der Waals surface area contributed by atoms with Gasteiger partial charge in [0.05, 0.1) is 12.9 Å². The Bertz CT molecular complexity index is 977.